The highest BCUT2D eigenvalue weighted by Crippen LogP contribution is 2.05. The van der Waals surface area contributed by atoms with Crippen LogP contribution in [0.3, 0.4) is 0 Å². The molecule has 0 spiro atoms. The van der Waals surface area contributed by atoms with Crippen molar-refractivity contribution in [3.8, 4) is 0 Å². The van der Waals surface area contributed by atoms with Crippen LogP contribution in [-0.4, -0.2) is 76.3 Å². The van der Waals surface area contributed by atoms with Crippen molar-refractivity contribution in [2.75, 3.05) is 59.5 Å². The van der Waals surface area contributed by atoms with Gasteiger partial charge in [0.2, 0.25) is 0 Å². The van der Waals surface area contributed by atoms with Crippen LogP contribution in [0.25, 0.3) is 0 Å². The number of guanidine groups is 1. The molecule has 3 N–H and O–H groups in total. The highest BCUT2D eigenvalue weighted by atomic mass is 16.5. The van der Waals surface area contributed by atoms with Crippen LogP contribution < -0.4 is 16.0 Å². The van der Waals surface area contributed by atoms with Gasteiger partial charge in [-0.05, 0) is 37.5 Å². The molecule has 0 bridgehead atoms. The molecule has 1 aromatic rings. The van der Waals surface area contributed by atoms with E-state index in [1.54, 1.807) is 7.05 Å². The number of ether oxygens (including phenoxy) is 1. The molecule has 1 saturated heterocycles. The summed E-state index contributed by atoms with van der Waals surface area (Å²) in [6.45, 7) is 9.28. The molecular weight excluding hydrogens is 342 g/mol. The molecule has 7 heteroatoms. The van der Waals surface area contributed by atoms with Gasteiger partial charge in [-0.2, -0.15) is 0 Å². The lowest BCUT2D eigenvalue weighted by Crippen LogP contribution is -2.39. The molecule has 7 nitrogen and oxygen atoms in total. The number of carbonyl (C=O) groups excluding carboxylic acids is 1. The second-order valence-corrected chi connectivity index (χ2v) is 6.52. The first kappa shape index (κ1) is 21.2. The van der Waals surface area contributed by atoms with Crippen molar-refractivity contribution in [3.05, 3.63) is 35.4 Å². The summed E-state index contributed by atoms with van der Waals surface area (Å²) < 4.78 is 5.37. The summed E-state index contributed by atoms with van der Waals surface area (Å²) in [4.78, 5) is 18.8. The smallest absolute Gasteiger partial charge is 0.251 e. The summed E-state index contributed by atoms with van der Waals surface area (Å²) in [5.41, 5.74) is 1.82. The Morgan fingerprint density at radius 1 is 1.26 bits per heavy atom. The minimum absolute atomic E-state index is 0.0556. The van der Waals surface area contributed by atoms with Crippen molar-refractivity contribution in [2.45, 2.75) is 19.8 Å². The number of hydrogen-bond donors (Lipinski definition) is 3. The van der Waals surface area contributed by atoms with Crippen LogP contribution in [0.2, 0.25) is 0 Å². The second-order valence-electron chi connectivity index (χ2n) is 6.52. The van der Waals surface area contributed by atoms with E-state index in [1.165, 1.54) is 0 Å². The SMILES string of the molecule is CCNC(=NCCCN1CCOCC1)NCCc1cccc(C(=O)NC)c1. The van der Waals surface area contributed by atoms with Gasteiger partial charge in [0.05, 0.1) is 13.2 Å². The molecule has 1 fully saturated rings. The number of nitrogens with one attached hydrogen (secondary N) is 3. The Labute approximate surface area is 162 Å². The summed E-state index contributed by atoms with van der Waals surface area (Å²) in [7, 11) is 1.65. The summed E-state index contributed by atoms with van der Waals surface area (Å²) in [6, 6.07) is 7.73. The molecule has 2 rings (SSSR count). The van der Waals surface area contributed by atoms with Gasteiger partial charge in [-0.3, -0.25) is 14.7 Å². The fraction of sp³-hybridized carbons (Fsp3) is 0.600. The standard InChI is InChI=1S/C20H33N5O2/c1-3-22-20(23-9-5-11-25-12-14-27-15-13-25)24-10-8-17-6-4-7-18(16-17)19(26)21-2/h4,6-7,16H,3,5,8-15H2,1-2H3,(H,21,26)(H2,22,23,24). The molecule has 0 saturated carbocycles. The van der Waals surface area contributed by atoms with E-state index in [1.807, 2.05) is 24.3 Å². The van der Waals surface area contributed by atoms with Gasteiger partial charge in [-0.1, -0.05) is 12.1 Å². The van der Waals surface area contributed by atoms with E-state index in [9.17, 15) is 4.79 Å². The molecule has 27 heavy (non-hydrogen) atoms. The minimum atomic E-state index is -0.0556. The lowest BCUT2D eigenvalue weighted by Gasteiger charge is -2.26. The van der Waals surface area contributed by atoms with Crippen LogP contribution in [0.4, 0.5) is 0 Å². The summed E-state index contributed by atoms with van der Waals surface area (Å²) >= 11 is 0. The maximum absolute atomic E-state index is 11.7. The lowest BCUT2D eigenvalue weighted by molar-refractivity contribution is 0.0377. The quantitative estimate of drug-likeness (QED) is 0.339. The van der Waals surface area contributed by atoms with Crippen LogP contribution in [0.5, 0.6) is 0 Å². The van der Waals surface area contributed by atoms with Crippen LogP contribution in [0.15, 0.2) is 29.3 Å². The average Bonchev–Trinajstić information content (AvgIpc) is 2.71. The van der Waals surface area contributed by atoms with Gasteiger partial charge in [0.15, 0.2) is 5.96 Å². The van der Waals surface area contributed by atoms with Crippen molar-refractivity contribution in [3.63, 3.8) is 0 Å². The molecule has 0 aromatic heterocycles. The number of rotatable bonds is 9. The zero-order valence-corrected chi connectivity index (χ0v) is 16.6. The molecule has 150 valence electrons. The van der Waals surface area contributed by atoms with E-state index in [0.717, 1.165) is 76.8 Å². The third-order valence-corrected chi connectivity index (χ3v) is 4.47. The third-order valence-electron chi connectivity index (χ3n) is 4.47. The fourth-order valence-electron chi connectivity index (χ4n) is 2.99. The predicted octanol–water partition coefficient (Wildman–Crippen LogP) is 0.866. The maximum Gasteiger partial charge on any atom is 0.251 e. The zero-order chi connectivity index (χ0) is 19.3. The Kier molecular flexibility index (Phi) is 9.65. The largest absolute Gasteiger partial charge is 0.379 e. The van der Waals surface area contributed by atoms with Gasteiger partial charge in [-0.25, -0.2) is 0 Å². The number of hydrogen-bond acceptors (Lipinski definition) is 4. The van der Waals surface area contributed by atoms with Crippen LogP contribution >= 0.6 is 0 Å². The molecule has 1 aliphatic heterocycles. The van der Waals surface area contributed by atoms with E-state index >= 15 is 0 Å². The Hall–Kier alpha value is -2.12. The van der Waals surface area contributed by atoms with Crippen LogP contribution in [-0.2, 0) is 11.2 Å². The van der Waals surface area contributed by atoms with Gasteiger partial charge in [0.1, 0.15) is 0 Å². The fourth-order valence-corrected chi connectivity index (χ4v) is 2.99. The van der Waals surface area contributed by atoms with Crippen LogP contribution in [0.1, 0.15) is 29.3 Å². The van der Waals surface area contributed by atoms with E-state index in [0.29, 0.717) is 5.56 Å². The van der Waals surface area contributed by atoms with E-state index in [-0.39, 0.29) is 5.91 Å². The molecule has 0 aliphatic carbocycles. The second kappa shape index (κ2) is 12.3. The average molecular weight is 376 g/mol. The number of morpholine rings is 1. The van der Waals surface area contributed by atoms with Crippen molar-refractivity contribution in [1.82, 2.24) is 20.9 Å². The molecule has 0 unspecified atom stereocenters. The summed E-state index contributed by atoms with van der Waals surface area (Å²) in [6.07, 6.45) is 1.88. The summed E-state index contributed by atoms with van der Waals surface area (Å²) in [5, 5.41) is 9.32. The highest BCUT2D eigenvalue weighted by molar-refractivity contribution is 5.94. The number of nitrogens with zero attached hydrogens (tertiary/aromatic N) is 2. The van der Waals surface area contributed by atoms with Gasteiger partial charge in [0.25, 0.3) is 5.91 Å². The molecule has 0 radical (unpaired) electrons. The van der Waals surface area contributed by atoms with Crippen molar-refractivity contribution >= 4 is 11.9 Å². The van der Waals surface area contributed by atoms with E-state index in [2.05, 4.69) is 32.8 Å². The van der Waals surface area contributed by atoms with Crippen LogP contribution in [0, 0.1) is 0 Å². The predicted molar refractivity (Wildman–Crippen MR) is 109 cm³/mol. The van der Waals surface area contributed by atoms with E-state index in [4.69, 9.17) is 4.74 Å². The molecule has 1 aromatic carbocycles. The number of carbonyl (C=O) groups is 1. The third kappa shape index (κ3) is 7.97. The van der Waals surface area contributed by atoms with Gasteiger partial charge < -0.3 is 20.7 Å². The maximum atomic E-state index is 11.7. The first-order valence-corrected chi connectivity index (χ1v) is 9.86. The molecule has 1 amide bonds. The number of benzene rings is 1. The van der Waals surface area contributed by atoms with Crippen molar-refractivity contribution < 1.29 is 9.53 Å². The first-order valence-electron chi connectivity index (χ1n) is 9.86. The van der Waals surface area contributed by atoms with Gasteiger partial charge in [-0.15, -0.1) is 0 Å². The van der Waals surface area contributed by atoms with Gasteiger partial charge in [0, 0.05) is 51.9 Å². The monoisotopic (exact) mass is 375 g/mol. The van der Waals surface area contributed by atoms with Crippen molar-refractivity contribution in [2.24, 2.45) is 4.99 Å². The lowest BCUT2D eigenvalue weighted by atomic mass is 10.1. The Balaban J connectivity index is 1.73. The zero-order valence-electron chi connectivity index (χ0n) is 16.6. The minimum Gasteiger partial charge on any atom is -0.379 e. The number of aliphatic imine (C=N–C) groups is 1. The molecule has 1 aliphatic rings. The summed E-state index contributed by atoms with van der Waals surface area (Å²) in [5.74, 6) is 0.793. The highest BCUT2D eigenvalue weighted by Gasteiger charge is 2.09. The Bertz CT molecular complexity index is 600. The molecular formula is C20H33N5O2. The molecule has 1 heterocycles. The molecule has 0 atom stereocenters. The number of amides is 1. The Morgan fingerprint density at radius 3 is 2.81 bits per heavy atom. The topological polar surface area (TPSA) is 78.0 Å². The van der Waals surface area contributed by atoms with Crippen molar-refractivity contribution in [1.29, 1.82) is 0 Å². The Morgan fingerprint density at radius 2 is 2.07 bits per heavy atom. The normalized spacial score (nSPS) is 15.4. The van der Waals surface area contributed by atoms with E-state index < -0.39 is 0 Å². The first-order chi connectivity index (χ1) is 13.2. The van der Waals surface area contributed by atoms with Gasteiger partial charge >= 0.3 is 0 Å².